The minimum absolute atomic E-state index is 0.0823. The topological polar surface area (TPSA) is 58.2 Å². The van der Waals surface area contributed by atoms with Crippen LogP contribution in [0.15, 0.2) is 81.5 Å². The molecule has 3 aromatic rings. The molecule has 0 bridgehead atoms. The summed E-state index contributed by atoms with van der Waals surface area (Å²) in [5.41, 5.74) is 1.73. The number of amides is 1. The standard InChI is InChI=1S/C22H17ClFN3O2S/c23-17-7-3-16(4-8-17)13-25-26-22-27(14-19-2-1-11-29-19)21(28)20(30-22)12-15-5-9-18(24)10-6-15/h1-11,13,20H,12,14H2. The number of nitrogens with zero attached hydrogens (tertiary/aromatic N) is 3. The van der Waals surface area contributed by atoms with Crippen LogP contribution < -0.4 is 0 Å². The van der Waals surface area contributed by atoms with E-state index in [4.69, 9.17) is 16.0 Å². The average Bonchev–Trinajstić information content (AvgIpc) is 3.35. The van der Waals surface area contributed by atoms with Crippen LogP contribution in [0.3, 0.4) is 0 Å². The third-order valence-corrected chi connectivity index (χ3v) is 5.89. The molecule has 1 amide bonds. The summed E-state index contributed by atoms with van der Waals surface area (Å²) in [4.78, 5) is 14.6. The van der Waals surface area contributed by atoms with Gasteiger partial charge < -0.3 is 4.42 Å². The fraction of sp³-hybridized carbons (Fsp3) is 0.136. The summed E-state index contributed by atoms with van der Waals surface area (Å²) in [6, 6.07) is 16.9. The molecule has 30 heavy (non-hydrogen) atoms. The van der Waals surface area contributed by atoms with Gasteiger partial charge in [-0.25, -0.2) is 4.39 Å². The molecule has 4 rings (SSSR count). The van der Waals surface area contributed by atoms with E-state index in [0.29, 0.717) is 22.4 Å². The van der Waals surface area contributed by atoms with Crippen LogP contribution in [-0.2, 0) is 17.8 Å². The third-order valence-electron chi connectivity index (χ3n) is 4.47. The summed E-state index contributed by atoms with van der Waals surface area (Å²) in [6.07, 6.45) is 3.64. The molecule has 0 N–H and O–H groups in total. The summed E-state index contributed by atoms with van der Waals surface area (Å²) in [7, 11) is 0. The van der Waals surface area contributed by atoms with Crippen molar-refractivity contribution >= 4 is 40.7 Å². The molecule has 0 radical (unpaired) electrons. The van der Waals surface area contributed by atoms with E-state index in [1.54, 1.807) is 53.8 Å². The Morgan fingerprint density at radius 3 is 2.60 bits per heavy atom. The molecule has 2 heterocycles. The molecule has 8 heteroatoms. The molecule has 5 nitrogen and oxygen atoms in total. The molecule has 1 fully saturated rings. The van der Waals surface area contributed by atoms with Crippen LogP contribution in [0.2, 0.25) is 5.02 Å². The van der Waals surface area contributed by atoms with E-state index >= 15 is 0 Å². The van der Waals surface area contributed by atoms with Gasteiger partial charge in [0.2, 0.25) is 5.91 Å². The van der Waals surface area contributed by atoms with Gasteiger partial charge in [0.05, 0.1) is 24.3 Å². The lowest BCUT2D eigenvalue weighted by atomic mass is 10.1. The first-order valence-corrected chi connectivity index (χ1v) is 10.5. The maximum Gasteiger partial charge on any atom is 0.242 e. The Bertz CT molecular complexity index is 1070. The van der Waals surface area contributed by atoms with Gasteiger partial charge in [0.25, 0.3) is 0 Å². The molecule has 1 aliphatic rings. The van der Waals surface area contributed by atoms with Gasteiger partial charge in [-0.1, -0.05) is 47.6 Å². The van der Waals surface area contributed by atoms with Crippen molar-refractivity contribution in [2.24, 2.45) is 10.2 Å². The lowest BCUT2D eigenvalue weighted by Gasteiger charge is -2.14. The number of furan rings is 1. The molecular weight excluding hydrogens is 425 g/mol. The number of hydrogen-bond donors (Lipinski definition) is 0. The number of carbonyl (C=O) groups is 1. The predicted octanol–water partition coefficient (Wildman–Crippen LogP) is 5.15. The molecule has 1 unspecified atom stereocenters. The number of rotatable bonds is 6. The fourth-order valence-corrected chi connectivity index (χ4v) is 4.21. The number of thioether (sulfide) groups is 1. The maximum absolute atomic E-state index is 13.2. The summed E-state index contributed by atoms with van der Waals surface area (Å²) >= 11 is 7.24. The Hall–Kier alpha value is -2.90. The van der Waals surface area contributed by atoms with E-state index in [0.717, 1.165) is 11.1 Å². The number of amidine groups is 1. The zero-order valence-electron chi connectivity index (χ0n) is 15.7. The second kappa shape index (κ2) is 9.28. The van der Waals surface area contributed by atoms with Crippen molar-refractivity contribution in [2.75, 3.05) is 0 Å². The van der Waals surface area contributed by atoms with Crippen molar-refractivity contribution in [1.82, 2.24) is 4.90 Å². The predicted molar refractivity (Wildman–Crippen MR) is 117 cm³/mol. The van der Waals surface area contributed by atoms with Crippen LogP contribution >= 0.6 is 23.4 Å². The van der Waals surface area contributed by atoms with Crippen molar-refractivity contribution in [1.29, 1.82) is 0 Å². The van der Waals surface area contributed by atoms with Crippen molar-refractivity contribution in [3.63, 3.8) is 0 Å². The first-order valence-electron chi connectivity index (χ1n) is 9.20. The Labute approximate surface area is 182 Å². The van der Waals surface area contributed by atoms with E-state index in [1.807, 2.05) is 12.1 Å². The summed E-state index contributed by atoms with van der Waals surface area (Å²) < 4.78 is 18.6. The Morgan fingerprint density at radius 1 is 1.13 bits per heavy atom. The van der Waals surface area contributed by atoms with Crippen molar-refractivity contribution < 1.29 is 13.6 Å². The van der Waals surface area contributed by atoms with E-state index < -0.39 is 0 Å². The Balaban J connectivity index is 1.54. The molecule has 2 aromatic carbocycles. The highest BCUT2D eigenvalue weighted by Crippen LogP contribution is 2.31. The molecule has 152 valence electrons. The molecule has 1 aromatic heterocycles. The van der Waals surface area contributed by atoms with Crippen LogP contribution in [-0.4, -0.2) is 27.4 Å². The van der Waals surface area contributed by atoms with Crippen LogP contribution in [0.5, 0.6) is 0 Å². The lowest BCUT2D eigenvalue weighted by molar-refractivity contribution is -0.126. The highest BCUT2D eigenvalue weighted by molar-refractivity contribution is 8.15. The van der Waals surface area contributed by atoms with Gasteiger partial charge in [-0.15, -0.1) is 5.10 Å². The fourth-order valence-electron chi connectivity index (χ4n) is 2.95. The molecule has 1 saturated heterocycles. The maximum atomic E-state index is 13.2. The normalized spacial score (nSPS) is 18.1. The molecular formula is C22H17ClFN3O2S. The summed E-state index contributed by atoms with van der Waals surface area (Å²) in [5, 5.41) is 9.19. The molecule has 1 aliphatic heterocycles. The van der Waals surface area contributed by atoms with E-state index in [-0.39, 0.29) is 23.5 Å². The largest absolute Gasteiger partial charge is 0.467 e. The first-order chi connectivity index (χ1) is 14.6. The van der Waals surface area contributed by atoms with Gasteiger partial charge in [0.15, 0.2) is 5.17 Å². The highest BCUT2D eigenvalue weighted by atomic mass is 35.5. The zero-order valence-corrected chi connectivity index (χ0v) is 17.3. The minimum atomic E-state index is -0.366. The average molecular weight is 442 g/mol. The van der Waals surface area contributed by atoms with Gasteiger partial charge >= 0.3 is 0 Å². The molecule has 0 spiro atoms. The van der Waals surface area contributed by atoms with Crippen LogP contribution in [0.4, 0.5) is 4.39 Å². The van der Waals surface area contributed by atoms with Crippen LogP contribution in [0, 0.1) is 5.82 Å². The Kier molecular flexibility index (Phi) is 6.30. The number of halogens is 2. The Morgan fingerprint density at radius 2 is 1.90 bits per heavy atom. The van der Waals surface area contributed by atoms with E-state index in [9.17, 15) is 9.18 Å². The first kappa shape index (κ1) is 20.4. The van der Waals surface area contributed by atoms with Gasteiger partial charge in [0.1, 0.15) is 11.6 Å². The van der Waals surface area contributed by atoms with E-state index in [1.165, 1.54) is 23.9 Å². The highest BCUT2D eigenvalue weighted by Gasteiger charge is 2.38. The number of benzene rings is 2. The minimum Gasteiger partial charge on any atom is -0.467 e. The van der Waals surface area contributed by atoms with Gasteiger partial charge in [-0.3, -0.25) is 9.69 Å². The molecule has 0 saturated carbocycles. The molecule has 0 aliphatic carbocycles. The number of carbonyl (C=O) groups excluding carboxylic acids is 1. The summed E-state index contributed by atoms with van der Waals surface area (Å²) in [5.74, 6) is 0.268. The van der Waals surface area contributed by atoms with Crippen molar-refractivity contribution in [2.45, 2.75) is 18.2 Å². The second-order valence-corrected chi connectivity index (χ2v) is 8.23. The van der Waals surface area contributed by atoms with Crippen molar-refractivity contribution in [3.05, 3.63) is 94.7 Å². The molecule has 1 atom stereocenters. The van der Waals surface area contributed by atoms with Crippen LogP contribution in [0.1, 0.15) is 16.9 Å². The number of hydrogen-bond acceptors (Lipinski definition) is 5. The third kappa shape index (κ3) is 4.98. The summed E-state index contributed by atoms with van der Waals surface area (Å²) in [6.45, 7) is 0.272. The van der Waals surface area contributed by atoms with E-state index in [2.05, 4.69) is 10.2 Å². The van der Waals surface area contributed by atoms with Crippen LogP contribution in [0.25, 0.3) is 0 Å². The monoisotopic (exact) mass is 441 g/mol. The zero-order chi connectivity index (χ0) is 20.9. The lowest BCUT2D eigenvalue weighted by Crippen LogP contribution is -2.32. The van der Waals surface area contributed by atoms with Gasteiger partial charge in [0, 0.05) is 5.02 Å². The SMILES string of the molecule is O=C1C(Cc2ccc(F)cc2)SC(=NN=Cc2ccc(Cl)cc2)N1Cc1ccco1. The van der Waals surface area contributed by atoms with Gasteiger partial charge in [-0.05, 0) is 53.9 Å². The van der Waals surface area contributed by atoms with Crippen molar-refractivity contribution in [3.8, 4) is 0 Å². The smallest absolute Gasteiger partial charge is 0.242 e. The second-order valence-electron chi connectivity index (χ2n) is 6.62. The quantitative estimate of drug-likeness (QED) is 0.392. The van der Waals surface area contributed by atoms with Gasteiger partial charge in [-0.2, -0.15) is 5.10 Å².